The van der Waals surface area contributed by atoms with Crippen molar-refractivity contribution in [3.05, 3.63) is 11.1 Å². The summed E-state index contributed by atoms with van der Waals surface area (Å²) < 4.78 is 7.26. The first-order chi connectivity index (χ1) is 17.1. The molecule has 0 N–H and O–H groups in total. The Kier molecular flexibility index (Phi) is 6.53. The second-order valence-corrected chi connectivity index (χ2v) is 14.8. The zero-order valence-corrected chi connectivity index (χ0v) is 24.0. The van der Waals surface area contributed by atoms with Gasteiger partial charge in [-0.25, -0.2) is 0 Å². The SMILES string of the molecule is CC1=C2C[C@H]3[C@@H](CC[C@@H]4CC(=O)CC[C@@]43C)[C@@H]2CCC2(C1)O[C@@H]1C[C@H](C)CN(CCN(C)C)[C@H]1[C@H]2C. The van der Waals surface area contributed by atoms with Gasteiger partial charge in [-0.2, -0.15) is 0 Å². The largest absolute Gasteiger partial charge is 0.369 e. The number of likely N-dealkylation sites (tertiary alicyclic amines) is 1. The number of ether oxygens (including phenoxy) is 1. The molecular formula is C32H52N2O2. The van der Waals surface area contributed by atoms with E-state index in [0.29, 0.717) is 35.2 Å². The van der Waals surface area contributed by atoms with E-state index in [1.165, 1.54) is 45.1 Å². The lowest BCUT2D eigenvalue weighted by molar-refractivity contribution is -0.129. The summed E-state index contributed by atoms with van der Waals surface area (Å²) in [4.78, 5) is 17.4. The number of hydrogen-bond acceptors (Lipinski definition) is 4. The van der Waals surface area contributed by atoms with Crippen LogP contribution in [0.25, 0.3) is 0 Å². The fourth-order valence-corrected chi connectivity index (χ4v) is 10.6. The van der Waals surface area contributed by atoms with Crippen molar-refractivity contribution in [3.63, 3.8) is 0 Å². The number of Topliss-reactive ketones (excluding diaryl/α,β-unsaturated/α-hetero) is 1. The minimum Gasteiger partial charge on any atom is -0.369 e. The summed E-state index contributed by atoms with van der Waals surface area (Å²) in [5.74, 6) is 4.91. The molecule has 2 saturated heterocycles. The van der Waals surface area contributed by atoms with Crippen LogP contribution in [0.3, 0.4) is 0 Å². The van der Waals surface area contributed by atoms with Crippen LogP contribution in [0.4, 0.5) is 0 Å². The lowest BCUT2D eigenvalue weighted by Crippen LogP contribution is -2.53. The average molecular weight is 497 g/mol. The maximum atomic E-state index is 12.3. The standard InChI is InChI=1S/C32H52N2O2/c1-20-15-29-30(34(19-20)14-13-33(5)6)22(3)32(36-29)12-10-25-26-8-7-23-16-24(35)9-11-31(23,4)28(26)17-27(25)21(2)18-32/h20,22-23,25-26,28-30H,7-19H2,1-6H3/t20-,22+,23+,25-,26-,28-,29+,30-,31-,32?/m0/s1. The van der Waals surface area contributed by atoms with Crippen molar-refractivity contribution in [1.29, 1.82) is 0 Å². The van der Waals surface area contributed by atoms with Crippen LogP contribution >= 0.6 is 0 Å². The van der Waals surface area contributed by atoms with Crippen LogP contribution in [0.1, 0.15) is 91.9 Å². The third-order valence-electron chi connectivity index (χ3n) is 12.5. The number of piperidine rings is 1. The van der Waals surface area contributed by atoms with Crippen molar-refractivity contribution < 1.29 is 9.53 Å². The van der Waals surface area contributed by atoms with E-state index in [1.807, 2.05) is 5.57 Å². The van der Waals surface area contributed by atoms with Gasteiger partial charge in [0, 0.05) is 44.4 Å². The fourth-order valence-electron chi connectivity index (χ4n) is 10.6. The van der Waals surface area contributed by atoms with Crippen LogP contribution in [0.5, 0.6) is 0 Å². The first kappa shape index (κ1) is 25.6. The Hall–Kier alpha value is -0.710. The Morgan fingerprint density at radius 3 is 2.69 bits per heavy atom. The molecule has 5 fully saturated rings. The van der Waals surface area contributed by atoms with Gasteiger partial charge in [0.25, 0.3) is 0 Å². The molecule has 6 aliphatic rings. The maximum Gasteiger partial charge on any atom is 0.133 e. The quantitative estimate of drug-likeness (QED) is 0.452. The molecule has 0 aromatic carbocycles. The summed E-state index contributed by atoms with van der Waals surface area (Å²) in [5.41, 5.74) is 3.93. The van der Waals surface area contributed by atoms with E-state index in [9.17, 15) is 4.79 Å². The summed E-state index contributed by atoms with van der Waals surface area (Å²) in [7, 11) is 4.40. The molecule has 202 valence electrons. The first-order valence-electron chi connectivity index (χ1n) is 15.4. The highest BCUT2D eigenvalue weighted by Crippen LogP contribution is 2.65. The van der Waals surface area contributed by atoms with E-state index in [0.717, 1.165) is 62.4 Å². The lowest BCUT2D eigenvalue weighted by atomic mass is 9.52. The molecule has 4 aliphatic carbocycles. The number of carbonyl (C=O) groups excluding carboxylic acids is 1. The highest BCUT2D eigenvalue weighted by molar-refractivity contribution is 5.79. The second kappa shape index (κ2) is 9.19. The third kappa shape index (κ3) is 3.99. The molecule has 1 unspecified atom stereocenters. The Morgan fingerprint density at radius 1 is 1.11 bits per heavy atom. The number of fused-ring (bicyclic) bond motifs is 6. The summed E-state index contributed by atoms with van der Waals surface area (Å²) in [6, 6.07) is 0.582. The van der Waals surface area contributed by atoms with Gasteiger partial charge >= 0.3 is 0 Å². The topological polar surface area (TPSA) is 32.8 Å². The lowest BCUT2D eigenvalue weighted by Gasteiger charge is -2.52. The Bertz CT molecular complexity index is 912. The average Bonchev–Trinajstić information content (AvgIpc) is 3.28. The molecule has 10 atom stereocenters. The molecule has 36 heavy (non-hydrogen) atoms. The Morgan fingerprint density at radius 2 is 1.92 bits per heavy atom. The molecule has 0 radical (unpaired) electrons. The van der Waals surface area contributed by atoms with Gasteiger partial charge in [-0.15, -0.1) is 0 Å². The van der Waals surface area contributed by atoms with Crippen LogP contribution in [0, 0.1) is 40.9 Å². The summed E-state index contributed by atoms with van der Waals surface area (Å²) in [5, 5.41) is 0. The minimum absolute atomic E-state index is 0.0328. The Labute approximate surface area is 220 Å². The Balaban J connectivity index is 1.25. The molecule has 4 heteroatoms. The number of allylic oxidation sites excluding steroid dienone is 1. The van der Waals surface area contributed by atoms with Gasteiger partial charge < -0.3 is 9.64 Å². The van der Waals surface area contributed by atoms with Crippen LogP contribution in [-0.4, -0.2) is 67.1 Å². The zero-order chi connectivity index (χ0) is 25.4. The molecule has 0 aromatic heterocycles. The van der Waals surface area contributed by atoms with Crippen molar-refractivity contribution in [2.75, 3.05) is 33.7 Å². The maximum absolute atomic E-state index is 12.3. The predicted molar refractivity (Wildman–Crippen MR) is 146 cm³/mol. The van der Waals surface area contributed by atoms with Crippen molar-refractivity contribution in [3.8, 4) is 0 Å². The van der Waals surface area contributed by atoms with E-state index in [4.69, 9.17) is 4.74 Å². The van der Waals surface area contributed by atoms with E-state index in [2.05, 4.69) is 51.6 Å². The second-order valence-electron chi connectivity index (χ2n) is 14.8. The van der Waals surface area contributed by atoms with Crippen molar-refractivity contribution in [2.24, 2.45) is 40.9 Å². The fraction of sp³-hybridized carbons (Fsp3) is 0.906. The number of rotatable bonds is 3. The van der Waals surface area contributed by atoms with Gasteiger partial charge in [-0.05, 0) is 107 Å². The minimum atomic E-state index is 0.0328. The highest BCUT2D eigenvalue weighted by Gasteiger charge is 2.60. The van der Waals surface area contributed by atoms with Crippen molar-refractivity contribution in [1.82, 2.24) is 9.80 Å². The van der Waals surface area contributed by atoms with Crippen LogP contribution in [-0.2, 0) is 9.53 Å². The summed E-state index contributed by atoms with van der Waals surface area (Å²) in [6.45, 7) is 13.5. The zero-order valence-electron chi connectivity index (χ0n) is 24.0. The third-order valence-corrected chi connectivity index (χ3v) is 12.5. The summed E-state index contributed by atoms with van der Waals surface area (Å²) in [6.07, 6.45) is 12.1. The van der Waals surface area contributed by atoms with Gasteiger partial charge in [0.15, 0.2) is 0 Å². The molecule has 6 rings (SSSR count). The number of nitrogens with zero attached hydrogens (tertiary/aromatic N) is 2. The van der Waals surface area contributed by atoms with E-state index < -0.39 is 0 Å². The number of likely N-dealkylation sites (N-methyl/N-ethyl adjacent to an activating group) is 1. The van der Waals surface area contributed by atoms with Crippen LogP contribution in [0.2, 0.25) is 0 Å². The first-order valence-corrected chi connectivity index (χ1v) is 15.4. The number of hydrogen-bond donors (Lipinski definition) is 0. The predicted octanol–water partition coefficient (Wildman–Crippen LogP) is 5.95. The van der Waals surface area contributed by atoms with E-state index in [-0.39, 0.29) is 5.60 Å². The molecule has 1 spiro atoms. The number of ketones is 1. The van der Waals surface area contributed by atoms with Crippen molar-refractivity contribution >= 4 is 5.78 Å². The van der Waals surface area contributed by atoms with Crippen LogP contribution < -0.4 is 0 Å². The van der Waals surface area contributed by atoms with Gasteiger partial charge in [0.2, 0.25) is 0 Å². The molecule has 2 heterocycles. The summed E-state index contributed by atoms with van der Waals surface area (Å²) >= 11 is 0. The molecule has 0 bridgehead atoms. The molecule has 2 aliphatic heterocycles. The van der Waals surface area contributed by atoms with Gasteiger partial charge in [0.1, 0.15) is 5.78 Å². The van der Waals surface area contributed by atoms with E-state index >= 15 is 0 Å². The molecule has 3 saturated carbocycles. The molecule has 4 nitrogen and oxygen atoms in total. The molecule has 0 amide bonds. The van der Waals surface area contributed by atoms with Gasteiger partial charge in [-0.3, -0.25) is 9.69 Å². The monoisotopic (exact) mass is 496 g/mol. The van der Waals surface area contributed by atoms with Crippen LogP contribution in [0.15, 0.2) is 11.1 Å². The van der Waals surface area contributed by atoms with E-state index in [1.54, 1.807) is 5.57 Å². The molecular weight excluding hydrogens is 444 g/mol. The molecule has 0 aromatic rings. The van der Waals surface area contributed by atoms with Gasteiger partial charge in [0.05, 0.1) is 11.7 Å². The number of carbonyl (C=O) groups is 1. The van der Waals surface area contributed by atoms with Gasteiger partial charge in [-0.1, -0.05) is 31.9 Å². The normalized spacial score (nSPS) is 49.1. The smallest absolute Gasteiger partial charge is 0.133 e. The highest BCUT2D eigenvalue weighted by atomic mass is 16.5. The van der Waals surface area contributed by atoms with Crippen molar-refractivity contribution in [2.45, 2.75) is 110 Å².